The summed E-state index contributed by atoms with van der Waals surface area (Å²) in [7, 11) is 0. The molecule has 0 spiro atoms. The lowest BCUT2D eigenvalue weighted by Gasteiger charge is -2.14. The van der Waals surface area contributed by atoms with Crippen molar-refractivity contribution in [3.63, 3.8) is 0 Å². The van der Waals surface area contributed by atoms with Crippen LogP contribution in [-0.4, -0.2) is 14.5 Å². The summed E-state index contributed by atoms with van der Waals surface area (Å²) >= 11 is 0. The van der Waals surface area contributed by atoms with Gasteiger partial charge in [0.1, 0.15) is 0 Å². The molecule has 0 bridgehead atoms. The van der Waals surface area contributed by atoms with Gasteiger partial charge in [-0.05, 0) is 80.2 Å². The molecule has 0 saturated carbocycles. The van der Waals surface area contributed by atoms with Gasteiger partial charge < -0.3 is 4.57 Å². The predicted octanol–water partition coefficient (Wildman–Crippen LogP) is 13.7. The van der Waals surface area contributed by atoms with Crippen molar-refractivity contribution < 1.29 is 0 Å². The van der Waals surface area contributed by atoms with Crippen LogP contribution >= 0.6 is 0 Å². The van der Waals surface area contributed by atoms with Crippen LogP contribution in [0.4, 0.5) is 0 Å². The Morgan fingerprint density at radius 3 is 1.51 bits per heavy atom. The Labute approximate surface area is 318 Å². The van der Waals surface area contributed by atoms with Crippen LogP contribution in [0.1, 0.15) is 0 Å². The van der Waals surface area contributed by atoms with E-state index in [0.717, 1.165) is 44.5 Å². The summed E-state index contributed by atoms with van der Waals surface area (Å²) < 4.78 is 2.42. The standard InChI is InChI=1S/C52H33N3/c1-3-12-34(13-4-1)36-22-24-39(25-23-36)52-53-46-29-28-42(33-45(46)51(54-52)41-19-11-18-40(32-41)35-14-5-2-6-15-35)55-47-30-26-37-16-7-9-20-43(37)49(47)50-44-21-10-8-17-38(44)27-31-48(50)55/h1-33H. The zero-order valence-corrected chi connectivity index (χ0v) is 29.9. The van der Waals surface area contributed by atoms with Crippen LogP contribution in [-0.2, 0) is 0 Å². The summed E-state index contributed by atoms with van der Waals surface area (Å²) in [4.78, 5) is 10.6. The zero-order chi connectivity index (χ0) is 36.3. The summed E-state index contributed by atoms with van der Waals surface area (Å²) in [6.45, 7) is 0. The molecule has 256 valence electrons. The largest absolute Gasteiger partial charge is 0.309 e. The molecule has 2 aromatic heterocycles. The molecule has 0 N–H and O–H groups in total. The Morgan fingerprint density at radius 1 is 0.327 bits per heavy atom. The summed E-state index contributed by atoms with van der Waals surface area (Å²) in [5.74, 6) is 0.703. The number of fused-ring (bicyclic) bond motifs is 8. The summed E-state index contributed by atoms with van der Waals surface area (Å²) in [6.07, 6.45) is 0. The number of benzene rings is 9. The van der Waals surface area contributed by atoms with E-state index >= 15 is 0 Å². The van der Waals surface area contributed by atoms with E-state index in [1.165, 1.54) is 54.5 Å². The van der Waals surface area contributed by atoms with Gasteiger partial charge in [0.15, 0.2) is 5.82 Å². The van der Waals surface area contributed by atoms with Crippen LogP contribution in [0.25, 0.3) is 105 Å². The molecule has 0 aliphatic heterocycles. The van der Waals surface area contributed by atoms with Crippen molar-refractivity contribution >= 4 is 54.3 Å². The van der Waals surface area contributed by atoms with Gasteiger partial charge in [0.2, 0.25) is 0 Å². The topological polar surface area (TPSA) is 30.7 Å². The molecule has 11 aromatic rings. The van der Waals surface area contributed by atoms with Crippen molar-refractivity contribution in [1.82, 2.24) is 14.5 Å². The van der Waals surface area contributed by atoms with Gasteiger partial charge in [-0.1, -0.05) is 164 Å². The molecule has 0 amide bonds. The Bertz CT molecular complexity index is 3140. The molecule has 11 rings (SSSR count). The van der Waals surface area contributed by atoms with Gasteiger partial charge in [0.05, 0.1) is 22.2 Å². The Morgan fingerprint density at radius 2 is 0.855 bits per heavy atom. The predicted molar refractivity (Wildman–Crippen MR) is 231 cm³/mol. The molecule has 3 heteroatoms. The monoisotopic (exact) mass is 699 g/mol. The van der Waals surface area contributed by atoms with Crippen LogP contribution in [0, 0.1) is 0 Å². The fourth-order valence-corrected chi connectivity index (χ4v) is 8.35. The lowest BCUT2D eigenvalue weighted by molar-refractivity contribution is 1.18. The molecule has 9 aromatic carbocycles. The van der Waals surface area contributed by atoms with E-state index in [-0.39, 0.29) is 0 Å². The van der Waals surface area contributed by atoms with Gasteiger partial charge in [0, 0.05) is 33.0 Å². The zero-order valence-electron chi connectivity index (χ0n) is 29.9. The van der Waals surface area contributed by atoms with Gasteiger partial charge in [-0.3, -0.25) is 0 Å². The molecule has 0 unspecified atom stereocenters. The molecule has 0 radical (unpaired) electrons. The molecule has 0 fully saturated rings. The molecule has 2 heterocycles. The average Bonchev–Trinajstić information content (AvgIpc) is 3.62. The molecule has 0 aliphatic carbocycles. The van der Waals surface area contributed by atoms with E-state index in [2.05, 4.69) is 199 Å². The Hall–Kier alpha value is -7.36. The van der Waals surface area contributed by atoms with Crippen molar-refractivity contribution in [2.45, 2.75) is 0 Å². The molecule has 0 saturated heterocycles. The molecular weight excluding hydrogens is 667 g/mol. The highest BCUT2D eigenvalue weighted by Crippen LogP contribution is 2.41. The Kier molecular flexibility index (Phi) is 7.17. The maximum absolute atomic E-state index is 5.39. The maximum atomic E-state index is 5.39. The minimum absolute atomic E-state index is 0.703. The van der Waals surface area contributed by atoms with Gasteiger partial charge in [-0.2, -0.15) is 0 Å². The lowest BCUT2D eigenvalue weighted by Crippen LogP contribution is -1.99. The summed E-state index contributed by atoms with van der Waals surface area (Å²) in [5.41, 5.74) is 11.9. The van der Waals surface area contributed by atoms with Crippen molar-refractivity contribution in [1.29, 1.82) is 0 Å². The second-order valence-electron chi connectivity index (χ2n) is 14.2. The van der Waals surface area contributed by atoms with E-state index < -0.39 is 0 Å². The first-order valence-corrected chi connectivity index (χ1v) is 18.7. The SMILES string of the molecule is c1ccc(-c2ccc(-c3nc(-c4cccc(-c5ccccc5)c4)c4cc(-n5c6ccc7ccccc7c6c6c7ccccc7ccc65)ccc4n3)cc2)cc1. The maximum Gasteiger partial charge on any atom is 0.160 e. The first kappa shape index (κ1) is 31.2. The minimum Gasteiger partial charge on any atom is -0.309 e. The van der Waals surface area contributed by atoms with Gasteiger partial charge in [-0.25, -0.2) is 9.97 Å². The van der Waals surface area contributed by atoms with E-state index in [1.807, 2.05) is 6.07 Å². The number of hydrogen-bond acceptors (Lipinski definition) is 2. The summed E-state index contributed by atoms with van der Waals surface area (Å²) in [6, 6.07) is 71.5. The second-order valence-corrected chi connectivity index (χ2v) is 14.2. The number of aromatic nitrogens is 3. The number of rotatable bonds is 5. The molecular formula is C52H33N3. The molecule has 55 heavy (non-hydrogen) atoms. The minimum atomic E-state index is 0.703. The van der Waals surface area contributed by atoms with Crippen molar-refractivity contribution in [2.75, 3.05) is 0 Å². The van der Waals surface area contributed by atoms with Crippen LogP contribution < -0.4 is 0 Å². The molecule has 0 atom stereocenters. The van der Waals surface area contributed by atoms with E-state index in [9.17, 15) is 0 Å². The third-order valence-electron chi connectivity index (χ3n) is 11.0. The third-order valence-corrected chi connectivity index (χ3v) is 11.0. The first-order chi connectivity index (χ1) is 27.3. The van der Waals surface area contributed by atoms with Crippen molar-refractivity contribution in [2.24, 2.45) is 0 Å². The number of nitrogens with zero attached hydrogens (tertiary/aromatic N) is 3. The fraction of sp³-hybridized carbons (Fsp3) is 0. The van der Waals surface area contributed by atoms with E-state index in [0.29, 0.717) is 5.82 Å². The van der Waals surface area contributed by atoms with E-state index in [1.54, 1.807) is 0 Å². The van der Waals surface area contributed by atoms with Gasteiger partial charge in [0.25, 0.3) is 0 Å². The number of hydrogen-bond donors (Lipinski definition) is 0. The smallest absolute Gasteiger partial charge is 0.160 e. The fourth-order valence-electron chi connectivity index (χ4n) is 8.35. The van der Waals surface area contributed by atoms with Gasteiger partial charge in [-0.15, -0.1) is 0 Å². The van der Waals surface area contributed by atoms with Gasteiger partial charge >= 0.3 is 0 Å². The molecule has 0 aliphatic rings. The van der Waals surface area contributed by atoms with Crippen molar-refractivity contribution in [3.05, 3.63) is 200 Å². The van der Waals surface area contributed by atoms with Crippen LogP contribution in [0.15, 0.2) is 200 Å². The lowest BCUT2D eigenvalue weighted by atomic mass is 9.99. The van der Waals surface area contributed by atoms with Crippen LogP contribution in [0.5, 0.6) is 0 Å². The highest BCUT2D eigenvalue weighted by molar-refractivity contribution is 6.28. The third kappa shape index (κ3) is 5.20. The average molecular weight is 700 g/mol. The summed E-state index contributed by atoms with van der Waals surface area (Å²) in [5, 5.41) is 8.52. The van der Waals surface area contributed by atoms with Crippen LogP contribution in [0.2, 0.25) is 0 Å². The highest BCUT2D eigenvalue weighted by atomic mass is 15.0. The first-order valence-electron chi connectivity index (χ1n) is 18.7. The van der Waals surface area contributed by atoms with E-state index in [4.69, 9.17) is 9.97 Å². The van der Waals surface area contributed by atoms with Crippen LogP contribution in [0.3, 0.4) is 0 Å². The highest BCUT2D eigenvalue weighted by Gasteiger charge is 2.19. The second kappa shape index (κ2) is 12.6. The Balaban J connectivity index is 1.16. The normalized spacial score (nSPS) is 11.6. The molecule has 3 nitrogen and oxygen atoms in total. The quantitative estimate of drug-likeness (QED) is 0.179. The van der Waals surface area contributed by atoms with Crippen molar-refractivity contribution in [3.8, 4) is 50.6 Å².